The molecule has 0 bridgehead atoms. The number of hydrogen-bond donors (Lipinski definition) is 2. The molecule has 3 aliphatic heterocycles. The van der Waals surface area contributed by atoms with Crippen molar-refractivity contribution in [3.8, 4) is 0 Å². The van der Waals surface area contributed by atoms with Gasteiger partial charge in [-0.15, -0.1) is 0 Å². The first-order chi connectivity index (χ1) is 11.8. The monoisotopic (exact) mass is 329 g/mol. The Kier molecular flexibility index (Phi) is 4.56. The molecule has 1 aromatic rings. The summed E-state index contributed by atoms with van der Waals surface area (Å²) in [4.78, 5) is 21.6. The number of carbonyl (C=O) groups excluding carboxylic acids is 1. The fourth-order valence-corrected chi connectivity index (χ4v) is 4.34. The van der Waals surface area contributed by atoms with E-state index in [2.05, 4.69) is 25.4 Å². The van der Waals surface area contributed by atoms with Gasteiger partial charge < -0.3 is 15.5 Å². The van der Waals surface area contributed by atoms with Gasteiger partial charge in [0.05, 0.1) is 11.9 Å². The molecule has 24 heavy (non-hydrogen) atoms. The minimum Gasteiger partial charge on any atom is -0.357 e. The molecule has 2 amide bonds. The van der Waals surface area contributed by atoms with Gasteiger partial charge in [-0.1, -0.05) is 6.42 Å². The smallest absolute Gasteiger partial charge is 0.319 e. The summed E-state index contributed by atoms with van der Waals surface area (Å²) in [7, 11) is 0. The second kappa shape index (κ2) is 6.97. The molecule has 0 saturated carbocycles. The third kappa shape index (κ3) is 3.34. The highest BCUT2D eigenvalue weighted by Crippen LogP contribution is 2.27. The van der Waals surface area contributed by atoms with Crippen molar-refractivity contribution >= 4 is 17.5 Å². The average Bonchev–Trinajstić information content (AvgIpc) is 3.26. The molecule has 0 spiro atoms. The summed E-state index contributed by atoms with van der Waals surface area (Å²) in [6.07, 6.45) is 9.08. The second-order valence-electron chi connectivity index (χ2n) is 7.19. The Balaban J connectivity index is 1.31. The number of nitrogens with one attached hydrogen (secondary N) is 2. The van der Waals surface area contributed by atoms with Crippen LogP contribution in [0.1, 0.15) is 38.5 Å². The highest BCUT2D eigenvalue weighted by Gasteiger charge is 2.36. The van der Waals surface area contributed by atoms with E-state index < -0.39 is 0 Å². The van der Waals surface area contributed by atoms with Crippen molar-refractivity contribution in [1.29, 1.82) is 0 Å². The summed E-state index contributed by atoms with van der Waals surface area (Å²) in [5, 5.41) is 6.10. The highest BCUT2D eigenvalue weighted by molar-refractivity contribution is 5.89. The Labute approximate surface area is 143 Å². The standard InChI is InChI=1S/C18H27N5O/c24-18(21-15-8-12-22-9-2-1-5-16(15)22)20-14-6-7-17(19-13-14)23-10-3-4-11-23/h6-7,13,15-16H,1-5,8-12H2,(H2,20,21,24)/t15-,16+/m1/s1. The fourth-order valence-electron chi connectivity index (χ4n) is 4.34. The molecular weight excluding hydrogens is 302 g/mol. The molecule has 0 unspecified atom stereocenters. The molecule has 3 fully saturated rings. The first-order valence-corrected chi connectivity index (χ1v) is 9.32. The predicted molar refractivity (Wildman–Crippen MR) is 95.5 cm³/mol. The van der Waals surface area contributed by atoms with Crippen molar-refractivity contribution in [2.24, 2.45) is 0 Å². The lowest BCUT2D eigenvalue weighted by molar-refractivity contribution is 0.180. The van der Waals surface area contributed by atoms with Crippen molar-refractivity contribution in [1.82, 2.24) is 15.2 Å². The molecule has 4 rings (SSSR count). The zero-order valence-corrected chi connectivity index (χ0v) is 14.2. The first-order valence-electron chi connectivity index (χ1n) is 9.32. The maximum Gasteiger partial charge on any atom is 0.319 e. The van der Waals surface area contributed by atoms with E-state index in [0.29, 0.717) is 6.04 Å². The van der Waals surface area contributed by atoms with Crippen molar-refractivity contribution in [2.45, 2.75) is 50.6 Å². The van der Waals surface area contributed by atoms with Crippen LogP contribution in [0.3, 0.4) is 0 Å². The van der Waals surface area contributed by atoms with Crippen LogP contribution in [0.15, 0.2) is 18.3 Å². The Morgan fingerprint density at radius 3 is 2.67 bits per heavy atom. The van der Waals surface area contributed by atoms with Crippen LogP contribution in [0.2, 0.25) is 0 Å². The second-order valence-corrected chi connectivity index (χ2v) is 7.19. The lowest BCUT2D eigenvalue weighted by Crippen LogP contribution is -2.47. The Morgan fingerprint density at radius 1 is 1.04 bits per heavy atom. The van der Waals surface area contributed by atoms with Gasteiger partial charge in [-0.05, 0) is 50.8 Å². The molecule has 2 N–H and O–H groups in total. The van der Waals surface area contributed by atoms with Crippen molar-refractivity contribution in [3.63, 3.8) is 0 Å². The van der Waals surface area contributed by atoms with Gasteiger partial charge >= 0.3 is 6.03 Å². The van der Waals surface area contributed by atoms with E-state index in [4.69, 9.17) is 0 Å². The Bertz CT molecular complexity index is 569. The number of piperidine rings is 1. The molecule has 1 aromatic heterocycles. The van der Waals surface area contributed by atoms with Gasteiger partial charge in [0.15, 0.2) is 0 Å². The first kappa shape index (κ1) is 15.7. The number of fused-ring (bicyclic) bond motifs is 1. The number of aromatic nitrogens is 1. The normalized spacial score (nSPS) is 27.1. The summed E-state index contributed by atoms with van der Waals surface area (Å²) in [6, 6.07) is 4.65. The summed E-state index contributed by atoms with van der Waals surface area (Å²) < 4.78 is 0. The zero-order valence-electron chi connectivity index (χ0n) is 14.2. The molecule has 2 atom stereocenters. The molecule has 130 valence electrons. The predicted octanol–water partition coefficient (Wildman–Crippen LogP) is 2.43. The van der Waals surface area contributed by atoms with Gasteiger partial charge in [-0.2, -0.15) is 0 Å². The van der Waals surface area contributed by atoms with E-state index in [1.54, 1.807) is 6.20 Å². The van der Waals surface area contributed by atoms with Crippen molar-refractivity contribution in [2.75, 3.05) is 36.4 Å². The van der Waals surface area contributed by atoms with Gasteiger partial charge in [-0.3, -0.25) is 4.90 Å². The van der Waals surface area contributed by atoms with E-state index in [-0.39, 0.29) is 12.1 Å². The van der Waals surface area contributed by atoms with E-state index in [1.807, 2.05) is 12.1 Å². The van der Waals surface area contributed by atoms with Crippen LogP contribution in [0.5, 0.6) is 0 Å². The largest absolute Gasteiger partial charge is 0.357 e. The molecule has 4 heterocycles. The number of amides is 2. The lowest BCUT2D eigenvalue weighted by atomic mass is 9.99. The zero-order chi connectivity index (χ0) is 16.4. The molecule has 6 heteroatoms. The van der Waals surface area contributed by atoms with E-state index >= 15 is 0 Å². The van der Waals surface area contributed by atoms with Crippen molar-refractivity contribution < 1.29 is 4.79 Å². The third-order valence-corrected chi connectivity index (χ3v) is 5.61. The molecule has 6 nitrogen and oxygen atoms in total. The SMILES string of the molecule is O=C(Nc1ccc(N2CCCC2)nc1)N[C@@H]1CCN2CCCC[C@@H]12. The summed E-state index contributed by atoms with van der Waals surface area (Å²) >= 11 is 0. The number of anilines is 2. The number of urea groups is 1. The van der Waals surface area contributed by atoms with Gasteiger partial charge in [0.1, 0.15) is 5.82 Å². The van der Waals surface area contributed by atoms with E-state index in [9.17, 15) is 4.79 Å². The minimum atomic E-state index is -0.108. The van der Waals surface area contributed by atoms with Crippen LogP contribution in [-0.4, -0.2) is 54.2 Å². The quantitative estimate of drug-likeness (QED) is 0.894. The molecule has 3 aliphatic rings. The maximum atomic E-state index is 12.3. The van der Waals surface area contributed by atoms with Crippen LogP contribution in [0.25, 0.3) is 0 Å². The number of pyridine rings is 1. The van der Waals surface area contributed by atoms with E-state index in [1.165, 1.54) is 38.6 Å². The van der Waals surface area contributed by atoms with Gasteiger partial charge in [0.2, 0.25) is 0 Å². The molecule has 0 radical (unpaired) electrons. The summed E-state index contributed by atoms with van der Waals surface area (Å²) in [5.74, 6) is 1.01. The summed E-state index contributed by atoms with van der Waals surface area (Å²) in [6.45, 7) is 4.47. The molecule has 0 aliphatic carbocycles. The van der Waals surface area contributed by atoms with Crippen LogP contribution >= 0.6 is 0 Å². The number of rotatable bonds is 3. The minimum absolute atomic E-state index is 0.108. The van der Waals surface area contributed by atoms with Gasteiger partial charge in [0, 0.05) is 31.7 Å². The fraction of sp³-hybridized carbons (Fsp3) is 0.667. The third-order valence-electron chi connectivity index (χ3n) is 5.61. The number of hydrogen-bond acceptors (Lipinski definition) is 4. The van der Waals surface area contributed by atoms with Gasteiger partial charge in [-0.25, -0.2) is 9.78 Å². The Hall–Kier alpha value is -1.82. The summed E-state index contributed by atoms with van der Waals surface area (Å²) in [5.41, 5.74) is 0.758. The number of nitrogens with zero attached hydrogens (tertiary/aromatic N) is 3. The van der Waals surface area contributed by atoms with Crippen LogP contribution in [0.4, 0.5) is 16.3 Å². The highest BCUT2D eigenvalue weighted by atomic mass is 16.2. The van der Waals surface area contributed by atoms with Gasteiger partial charge in [0.25, 0.3) is 0 Å². The van der Waals surface area contributed by atoms with E-state index in [0.717, 1.165) is 37.6 Å². The van der Waals surface area contributed by atoms with Crippen molar-refractivity contribution in [3.05, 3.63) is 18.3 Å². The lowest BCUT2D eigenvalue weighted by Gasteiger charge is -2.32. The topological polar surface area (TPSA) is 60.5 Å². The molecule has 3 saturated heterocycles. The Morgan fingerprint density at radius 2 is 1.88 bits per heavy atom. The molecule has 0 aromatic carbocycles. The number of carbonyl (C=O) groups is 1. The average molecular weight is 329 g/mol. The van der Waals surface area contributed by atoms with Crippen LogP contribution in [0, 0.1) is 0 Å². The van der Waals surface area contributed by atoms with Crippen LogP contribution < -0.4 is 15.5 Å². The van der Waals surface area contributed by atoms with Crippen LogP contribution in [-0.2, 0) is 0 Å². The maximum absolute atomic E-state index is 12.3. The molecular formula is C18H27N5O.